The maximum Gasteiger partial charge on any atom is 0.410 e. The summed E-state index contributed by atoms with van der Waals surface area (Å²) >= 11 is 0. The van der Waals surface area contributed by atoms with Crippen molar-refractivity contribution in [3.8, 4) is 0 Å². The third-order valence-corrected chi connectivity index (χ3v) is 5.27. The Morgan fingerprint density at radius 3 is 2.50 bits per heavy atom. The van der Waals surface area contributed by atoms with Crippen LogP contribution < -0.4 is 5.73 Å². The van der Waals surface area contributed by atoms with Gasteiger partial charge in [-0.05, 0) is 46.0 Å². The molecule has 1 amide bonds. The fourth-order valence-corrected chi connectivity index (χ4v) is 3.69. The molecule has 2 fully saturated rings. The van der Waals surface area contributed by atoms with Gasteiger partial charge in [0.15, 0.2) is 0 Å². The van der Waals surface area contributed by atoms with E-state index in [1.54, 1.807) is 4.90 Å². The zero-order valence-corrected chi connectivity index (χ0v) is 14.5. The van der Waals surface area contributed by atoms with Gasteiger partial charge in [0.25, 0.3) is 0 Å². The van der Waals surface area contributed by atoms with E-state index in [1.165, 1.54) is 6.42 Å². The number of nitrogens with two attached hydrogens (primary N) is 1. The van der Waals surface area contributed by atoms with Crippen molar-refractivity contribution in [2.75, 3.05) is 13.1 Å². The quantitative estimate of drug-likeness (QED) is 0.769. The van der Waals surface area contributed by atoms with Crippen LogP contribution in [0.2, 0.25) is 0 Å². The molecule has 0 aromatic carbocycles. The van der Waals surface area contributed by atoms with Gasteiger partial charge in [0.2, 0.25) is 0 Å². The van der Waals surface area contributed by atoms with Crippen LogP contribution in [0.1, 0.15) is 66.2 Å². The van der Waals surface area contributed by atoms with Crippen LogP contribution in [0.3, 0.4) is 0 Å². The Labute approximate surface area is 134 Å². The van der Waals surface area contributed by atoms with E-state index in [1.807, 2.05) is 20.8 Å². The van der Waals surface area contributed by atoms with Gasteiger partial charge in [-0.1, -0.05) is 26.2 Å². The molecule has 0 aromatic heterocycles. The fraction of sp³-hybridized carbons (Fsp3) is 0.941. The number of rotatable bonds is 2. The molecule has 1 aliphatic carbocycles. The van der Waals surface area contributed by atoms with E-state index in [2.05, 4.69) is 6.92 Å². The Kier molecular flexibility index (Phi) is 4.79. The Balaban J connectivity index is 1.95. The van der Waals surface area contributed by atoms with Crippen LogP contribution in [0.4, 0.5) is 4.79 Å². The van der Waals surface area contributed by atoms with Crippen LogP contribution >= 0.6 is 0 Å². The average molecular weight is 312 g/mol. The van der Waals surface area contributed by atoms with Gasteiger partial charge in [-0.25, -0.2) is 4.79 Å². The molecule has 2 unspecified atom stereocenters. The summed E-state index contributed by atoms with van der Waals surface area (Å²) in [7, 11) is 0. The van der Waals surface area contributed by atoms with Crippen molar-refractivity contribution >= 4 is 6.09 Å². The highest BCUT2D eigenvalue weighted by atomic mass is 16.6. The summed E-state index contributed by atoms with van der Waals surface area (Å²) in [4.78, 5) is 13.7. The van der Waals surface area contributed by atoms with E-state index in [0.717, 1.165) is 32.1 Å². The topological polar surface area (TPSA) is 75.8 Å². The first-order valence-corrected chi connectivity index (χ1v) is 8.58. The number of nitrogens with zero attached hydrogens (tertiary/aromatic N) is 1. The standard InChI is InChI=1S/C17H32N2O3/c1-5-13-7-6-9-17(21,10-8-13)16(18)11-19(12-16)14(20)22-15(2,3)4/h13,21H,5-12,18H2,1-4H3. The number of amides is 1. The Bertz CT molecular complexity index is 413. The predicted molar refractivity (Wildman–Crippen MR) is 86.5 cm³/mol. The first-order chi connectivity index (χ1) is 10.1. The van der Waals surface area contributed by atoms with Crippen molar-refractivity contribution in [1.29, 1.82) is 0 Å². The average Bonchev–Trinajstić information content (AvgIpc) is 2.55. The molecule has 22 heavy (non-hydrogen) atoms. The molecule has 2 rings (SSSR count). The Hall–Kier alpha value is -0.810. The number of aliphatic hydroxyl groups is 1. The van der Waals surface area contributed by atoms with Crippen molar-refractivity contribution in [1.82, 2.24) is 4.90 Å². The van der Waals surface area contributed by atoms with Gasteiger partial charge in [-0.15, -0.1) is 0 Å². The molecule has 2 atom stereocenters. The second kappa shape index (κ2) is 6.00. The molecule has 1 saturated carbocycles. The lowest BCUT2D eigenvalue weighted by Gasteiger charge is -2.55. The molecule has 128 valence electrons. The fourth-order valence-electron chi connectivity index (χ4n) is 3.69. The smallest absolute Gasteiger partial charge is 0.410 e. The third kappa shape index (κ3) is 3.57. The molecule has 2 aliphatic rings. The lowest BCUT2D eigenvalue weighted by molar-refractivity contribution is -0.113. The van der Waals surface area contributed by atoms with E-state index >= 15 is 0 Å². The molecule has 3 N–H and O–H groups in total. The minimum Gasteiger partial charge on any atom is -0.444 e. The van der Waals surface area contributed by atoms with E-state index in [9.17, 15) is 9.90 Å². The summed E-state index contributed by atoms with van der Waals surface area (Å²) in [6, 6.07) is 0. The minimum absolute atomic E-state index is 0.336. The van der Waals surface area contributed by atoms with E-state index in [-0.39, 0.29) is 6.09 Å². The number of ether oxygens (including phenoxy) is 1. The molecule has 0 spiro atoms. The van der Waals surface area contributed by atoms with E-state index in [0.29, 0.717) is 19.0 Å². The van der Waals surface area contributed by atoms with Crippen LogP contribution in [0.15, 0.2) is 0 Å². The second-order valence-corrected chi connectivity index (χ2v) is 8.23. The maximum atomic E-state index is 12.0. The highest BCUT2D eigenvalue weighted by Gasteiger charge is 2.56. The van der Waals surface area contributed by atoms with Crippen LogP contribution in [-0.4, -0.2) is 45.9 Å². The zero-order valence-electron chi connectivity index (χ0n) is 14.5. The molecular weight excluding hydrogens is 280 g/mol. The minimum atomic E-state index is -0.852. The summed E-state index contributed by atoms with van der Waals surface area (Å²) in [5.74, 6) is 0.694. The summed E-state index contributed by atoms with van der Waals surface area (Å²) in [5.41, 5.74) is 4.42. The molecule has 0 bridgehead atoms. The Morgan fingerprint density at radius 1 is 1.32 bits per heavy atom. The first-order valence-electron chi connectivity index (χ1n) is 8.58. The summed E-state index contributed by atoms with van der Waals surface area (Å²) in [5, 5.41) is 11.1. The van der Waals surface area contributed by atoms with Crippen molar-refractivity contribution < 1.29 is 14.6 Å². The lowest BCUT2D eigenvalue weighted by Crippen LogP contribution is -2.78. The monoisotopic (exact) mass is 312 g/mol. The highest BCUT2D eigenvalue weighted by Crippen LogP contribution is 2.41. The molecule has 1 saturated heterocycles. The van der Waals surface area contributed by atoms with Crippen LogP contribution in [0, 0.1) is 5.92 Å². The van der Waals surface area contributed by atoms with Gasteiger partial charge >= 0.3 is 6.09 Å². The molecule has 0 radical (unpaired) electrons. The number of likely N-dealkylation sites (tertiary alicyclic amines) is 1. The predicted octanol–water partition coefficient (Wildman–Crippen LogP) is 2.66. The van der Waals surface area contributed by atoms with Gasteiger partial charge in [-0.2, -0.15) is 0 Å². The SMILES string of the molecule is CCC1CCCC(O)(C2(N)CN(C(=O)OC(C)(C)C)C2)CC1. The van der Waals surface area contributed by atoms with Gasteiger partial charge in [0.1, 0.15) is 5.60 Å². The van der Waals surface area contributed by atoms with E-state index < -0.39 is 16.7 Å². The summed E-state index contributed by atoms with van der Waals surface area (Å²) in [6.45, 7) is 8.53. The Morgan fingerprint density at radius 2 is 1.95 bits per heavy atom. The second-order valence-electron chi connectivity index (χ2n) is 8.23. The molecule has 0 aromatic rings. The van der Waals surface area contributed by atoms with Gasteiger partial charge in [-0.3, -0.25) is 0 Å². The van der Waals surface area contributed by atoms with Crippen molar-refractivity contribution in [3.05, 3.63) is 0 Å². The van der Waals surface area contributed by atoms with Crippen LogP contribution in [0.5, 0.6) is 0 Å². The molecule has 5 nitrogen and oxygen atoms in total. The molecule has 1 heterocycles. The summed E-state index contributed by atoms with van der Waals surface area (Å²) < 4.78 is 5.36. The largest absolute Gasteiger partial charge is 0.444 e. The zero-order chi connectivity index (χ0) is 16.6. The van der Waals surface area contributed by atoms with Gasteiger partial charge in [0.05, 0.1) is 11.1 Å². The highest BCUT2D eigenvalue weighted by molar-refractivity contribution is 5.70. The van der Waals surface area contributed by atoms with E-state index in [4.69, 9.17) is 10.5 Å². The molecule has 5 heteroatoms. The molecule has 1 aliphatic heterocycles. The summed E-state index contributed by atoms with van der Waals surface area (Å²) in [6.07, 6.45) is 5.52. The van der Waals surface area contributed by atoms with Gasteiger partial charge in [0, 0.05) is 13.1 Å². The lowest BCUT2D eigenvalue weighted by atomic mass is 9.70. The van der Waals surface area contributed by atoms with Crippen LogP contribution in [0.25, 0.3) is 0 Å². The van der Waals surface area contributed by atoms with Crippen molar-refractivity contribution in [2.45, 2.75) is 83.0 Å². The first kappa shape index (κ1) is 17.5. The van der Waals surface area contributed by atoms with Gasteiger partial charge < -0.3 is 20.5 Å². The van der Waals surface area contributed by atoms with Crippen molar-refractivity contribution in [2.24, 2.45) is 11.7 Å². The number of carbonyl (C=O) groups is 1. The molecular formula is C17H32N2O3. The number of hydrogen-bond donors (Lipinski definition) is 2. The van der Waals surface area contributed by atoms with Crippen LogP contribution in [-0.2, 0) is 4.74 Å². The van der Waals surface area contributed by atoms with Crippen molar-refractivity contribution in [3.63, 3.8) is 0 Å². The number of hydrogen-bond acceptors (Lipinski definition) is 4. The maximum absolute atomic E-state index is 12.0. The normalized spacial score (nSPS) is 32.1. The number of carbonyl (C=O) groups excluding carboxylic acids is 1. The third-order valence-electron chi connectivity index (χ3n) is 5.27.